The third kappa shape index (κ3) is 27.6. The Balaban J connectivity index is -0.000000367. The van der Waals surface area contributed by atoms with Crippen molar-refractivity contribution in [2.75, 3.05) is 0 Å². The van der Waals surface area contributed by atoms with Crippen molar-refractivity contribution in [3.63, 3.8) is 0 Å². The van der Waals surface area contributed by atoms with Gasteiger partial charge in [-0.2, -0.15) is 16.8 Å². The van der Waals surface area contributed by atoms with Gasteiger partial charge in [0.05, 0.1) is 0 Å². The molecule has 0 aromatic rings. The Hall–Kier alpha value is -0.300. The monoisotopic (exact) mass is 720 g/mol. The quantitative estimate of drug-likeness (QED) is 0.0613. The van der Waals surface area contributed by atoms with Gasteiger partial charge in [0.1, 0.15) is 12.2 Å². The maximum absolute atomic E-state index is 11.9. The Morgan fingerprint density at radius 1 is 0.587 bits per heavy atom. The molecule has 0 amide bonds. The normalized spacial score (nSPS) is 14.0. The Morgan fingerprint density at radius 3 is 1.07 bits per heavy atom. The molecule has 0 bridgehead atoms. The third-order valence-corrected chi connectivity index (χ3v) is 8.51. The van der Waals surface area contributed by atoms with Crippen LogP contribution in [0.3, 0.4) is 0 Å². The number of esters is 2. The molecule has 0 fully saturated rings. The summed E-state index contributed by atoms with van der Waals surface area (Å²) in [4.78, 5) is 44.8. The van der Waals surface area contributed by atoms with Crippen LogP contribution in [0, 0.1) is 11.8 Å². The first-order chi connectivity index (χ1) is 20.1. The van der Waals surface area contributed by atoms with Crippen LogP contribution in [0.1, 0.15) is 119 Å². The number of carbonyl (C=O) groups is 4. The van der Waals surface area contributed by atoms with E-state index in [-0.39, 0.29) is 59.1 Å². The van der Waals surface area contributed by atoms with Gasteiger partial charge in [0.15, 0.2) is 10.5 Å². The third-order valence-electron chi connectivity index (χ3n) is 6.35. The zero-order valence-corrected chi connectivity index (χ0v) is 34.2. The number of rotatable bonds is 22. The second kappa shape index (κ2) is 27.5. The topological polar surface area (TPSA) is 242 Å². The second-order valence-corrected chi connectivity index (χ2v) is 14.7. The summed E-state index contributed by atoms with van der Waals surface area (Å²) in [7, 11) is -9.70. The van der Waals surface area contributed by atoms with Crippen LogP contribution in [0.5, 0.6) is 0 Å². The van der Waals surface area contributed by atoms with Crippen LogP contribution in [-0.2, 0) is 48.9 Å². The van der Waals surface area contributed by atoms with Crippen LogP contribution in [-0.4, -0.2) is 72.5 Å². The number of hydrogen-bond donors (Lipinski definition) is 2. The van der Waals surface area contributed by atoms with E-state index in [0.29, 0.717) is 37.5 Å². The van der Waals surface area contributed by atoms with Crippen LogP contribution in [0.4, 0.5) is 0 Å². The second-order valence-electron chi connectivity index (χ2n) is 11.5. The fourth-order valence-electron chi connectivity index (χ4n) is 4.08. The van der Waals surface area contributed by atoms with Crippen molar-refractivity contribution in [3.05, 3.63) is 0 Å². The van der Waals surface area contributed by atoms with E-state index in [4.69, 9.17) is 18.6 Å². The predicted molar refractivity (Wildman–Crippen MR) is 157 cm³/mol. The van der Waals surface area contributed by atoms with Crippen molar-refractivity contribution in [1.29, 1.82) is 0 Å². The SMILES string of the molecule is CCCC(CCCC(C)C)OC(=O)C(CC(=O)[O-])S(=O)(=O)O.CCCC(CCCC(C)C)OC(=O)C(CC(=O)[O-])S(=O)(=O)O.[Na+].[Na+]. The van der Waals surface area contributed by atoms with Gasteiger partial charge in [-0.1, -0.05) is 67.2 Å². The predicted octanol–water partition coefficient (Wildman–Crippen LogP) is -4.15. The summed E-state index contributed by atoms with van der Waals surface area (Å²) in [6.45, 7) is 12.0. The minimum atomic E-state index is -4.85. The Bertz CT molecular complexity index is 1010. The zero-order chi connectivity index (χ0) is 34.7. The number of ether oxygens (including phenoxy) is 2. The number of hydrogen-bond acceptors (Lipinski definition) is 12. The molecular formula is C28H50Na2O14S2. The van der Waals surface area contributed by atoms with Gasteiger partial charge in [-0.05, 0) is 50.4 Å². The summed E-state index contributed by atoms with van der Waals surface area (Å²) >= 11 is 0. The van der Waals surface area contributed by atoms with E-state index in [1.54, 1.807) is 0 Å². The van der Waals surface area contributed by atoms with Gasteiger partial charge in [-0.3, -0.25) is 18.7 Å². The molecule has 4 unspecified atom stereocenters. The smallest absolute Gasteiger partial charge is 0.550 e. The molecule has 0 spiro atoms. The minimum Gasteiger partial charge on any atom is -0.550 e. The van der Waals surface area contributed by atoms with E-state index in [9.17, 15) is 46.2 Å². The molecule has 0 radical (unpaired) electrons. The summed E-state index contributed by atoms with van der Waals surface area (Å²) in [5, 5.41) is 16.8. The molecule has 18 heteroatoms. The van der Waals surface area contributed by atoms with E-state index in [1.807, 2.05) is 13.8 Å². The molecule has 46 heavy (non-hydrogen) atoms. The Kier molecular flexibility index (Phi) is 31.4. The number of carboxylic acids is 2. The molecule has 0 heterocycles. The van der Waals surface area contributed by atoms with Crippen LogP contribution in [0.25, 0.3) is 0 Å². The minimum absolute atomic E-state index is 0. The Labute approximate surface area is 318 Å². The van der Waals surface area contributed by atoms with Crippen LogP contribution < -0.4 is 69.3 Å². The molecule has 0 saturated carbocycles. The van der Waals surface area contributed by atoms with E-state index < -0.39 is 79.7 Å². The molecule has 0 aromatic heterocycles. The van der Waals surface area contributed by atoms with Crippen LogP contribution in [0.15, 0.2) is 0 Å². The van der Waals surface area contributed by atoms with Gasteiger partial charge in [0.2, 0.25) is 0 Å². The zero-order valence-electron chi connectivity index (χ0n) is 28.6. The first-order valence-corrected chi connectivity index (χ1v) is 17.9. The van der Waals surface area contributed by atoms with Crippen molar-refractivity contribution in [1.82, 2.24) is 0 Å². The van der Waals surface area contributed by atoms with Crippen molar-refractivity contribution in [2.24, 2.45) is 11.8 Å². The molecule has 0 aliphatic rings. The van der Waals surface area contributed by atoms with Crippen molar-refractivity contribution >= 4 is 44.1 Å². The van der Waals surface area contributed by atoms with Gasteiger partial charge in [0.25, 0.3) is 20.2 Å². The summed E-state index contributed by atoms with van der Waals surface area (Å²) < 4.78 is 72.6. The van der Waals surface area contributed by atoms with Crippen LogP contribution in [0.2, 0.25) is 0 Å². The maximum Gasteiger partial charge on any atom is 1.00 e. The van der Waals surface area contributed by atoms with Gasteiger partial charge in [-0.25, -0.2) is 0 Å². The summed E-state index contributed by atoms with van der Waals surface area (Å²) in [5.74, 6) is -4.97. The van der Waals surface area contributed by atoms with Crippen molar-refractivity contribution < 1.29 is 124 Å². The van der Waals surface area contributed by atoms with Crippen molar-refractivity contribution in [2.45, 2.75) is 141 Å². The molecule has 0 aliphatic carbocycles. The largest absolute Gasteiger partial charge is 1.00 e. The summed E-state index contributed by atoms with van der Waals surface area (Å²) in [5.41, 5.74) is 0. The fraction of sp³-hybridized carbons (Fsp3) is 0.857. The molecule has 2 N–H and O–H groups in total. The average molecular weight is 721 g/mol. The van der Waals surface area contributed by atoms with Gasteiger partial charge >= 0.3 is 71.1 Å². The standard InChI is InChI=1S/2C14H26O7S.2Na/c2*1-4-6-11(8-5-7-10(2)3)21-14(17)12(9-13(15)16)22(18,19)20;;/h2*10-12H,4-9H2,1-3H3,(H,15,16)(H,18,19,20);;/q;;2*+1/p-2. The molecule has 0 aliphatic heterocycles. The van der Waals surface area contributed by atoms with Gasteiger partial charge in [0, 0.05) is 24.8 Å². The van der Waals surface area contributed by atoms with Crippen LogP contribution >= 0.6 is 0 Å². The number of carbonyl (C=O) groups excluding carboxylic acids is 4. The molecule has 4 atom stereocenters. The molecule has 14 nitrogen and oxygen atoms in total. The summed E-state index contributed by atoms with van der Waals surface area (Å²) in [6, 6.07) is 0. The fourth-order valence-corrected chi connectivity index (χ4v) is 5.37. The van der Waals surface area contributed by atoms with E-state index in [2.05, 4.69) is 27.7 Å². The molecule has 0 saturated heterocycles. The molecule has 0 rings (SSSR count). The number of carboxylic acid groups (broad SMARTS) is 2. The molecule has 260 valence electrons. The van der Waals surface area contributed by atoms with E-state index >= 15 is 0 Å². The first-order valence-electron chi connectivity index (χ1n) is 14.9. The molecule has 0 aromatic carbocycles. The molecular weight excluding hydrogens is 670 g/mol. The van der Waals surface area contributed by atoms with Gasteiger partial charge in [-0.15, -0.1) is 0 Å². The first kappa shape index (κ1) is 52.5. The van der Waals surface area contributed by atoms with Gasteiger partial charge < -0.3 is 29.3 Å². The Morgan fingerprint density at radius 2 is 0.870 bits per heavy atom. The van der Waals surface area contributed by atoms with Crippen molar-refractivity contribution in [3.8, 4) is 0 Å². The maximum atomic E-state index is 11.9. The summed E-state index contributed by atoms with van der Waals surface area (Å²) in [6.07, 6.45) is 4.00. The number of aliphatic carboxylic acids is 2. The average Bonchev–Trinajstić information content (AvgIpc) is 2.84. The van der Waals surface area contributed by atoms with E-state index in [0.717, 1.165) is 38.5 Å². The van der Waals surface area contributed by atoms with E-state index in [1.165, 1.54) is 0 Å².